The Balaban J connectivity index is 2.37. The molecular weight excluding hydrogens is 236 g/mol. The Kier molecular flexibility index (Phi) is 2.67. The summed E-state index contributed by atoms with van der Waals surface area (Å²) in [6.07, 6.45) is 3.67. The van der Waals surface area contributed by atoms with Crippen molar-refractivity contribution in [3.63, 3.8) is 0 Å². The van der Waals surface area contributed by atoms with Gasteiger partial charge in [0.1, 0.15) is 0 Å². The van der Waals surface area contributed by atoms with E-state index in [9.17, 15) is 4.79 Å². The first-order valence-electron chi connectivity index (χ1n) is 6.21. The number of rotatable bonds is 2. The molecule has 3 aromatic rings. The lowest BCUT2D eigenvalue weighted by atomic mass is 10.1. The maximum Gasteiger partial charge on any atom is 0.161 e. The van der Waals surface area contributed by atoms with Crippen molar-refractivity contribution in [2.45, 2.75) is 13.8 Å². The molecule has 0 saturated carbocycles. The fourth-order valence-electron chi connectivity index (χ4n) is 2.39. The first kappa shape index (κ1) is 11.7. The van der Waals surface area contributed by atoms with Gasteiger partial charge in [-0.3, -0.25) is 9.78 Å². The van der Waals surface area contributed by atoms with E-state index in [0.717, 1.165) is 27.8 Å². The van der Waals surface area contributed by atoms with Crippen LogP contribution in [0, 0.1) is 6.92 Å². The second-order valence-electron chi connectivity index (χ2n) is 4.59. The van der Waals surface area contributed by atoms with E-state index < -0.39 is 0 Å². The van der Waals surface area contributed by atoms with Gasteiger partial charge in [0.2, 0.25) is 0 Å². The number of carbonyl (C=O) groups excluding carboxylic acids is 1. The number of fused-ring (bicyclic) bond motifs is 1. The van der Waals surface area contributed by atoms with Crippen molar-refractivity contribution in [3.05, 3.63) is 60.0 Å². The Hall–Kier alpha value is -2.42. The molecule has 0 N–H and O–H groups in total. The van der Waals surface area contributed by atoms with E-state index in [1.54, 1.807) is 13.1 Å². The molecule has 3 rings (SSSR count). The van der Waals surface area contributed by atoms with Gasteiger partial charge in [-0.15, -0.1) is 0 Å². The van der Waals surface area contributed by atoms with Gasteiger partial charge in [-0.25, -0.2) is 0 Å². The number of nitrogens with zero attached hydrogens (tertiary/aromatic N) is 2. The summed E-state index contributed by atoms with van der Waals surface area (Å²) in [5.41, 5.74) is 3.73. The average Bonchev–Trinajstić information content (AvgIpc) is 2.79. The zero-order chi connectivity index (χ0) is 13.4. The molecular formula is C16H14N2O. The van der Waals surface area contributed by atoms with Gasteiger partial charge in [0.25, 0.3) is 0 Å². The average molecular weight is 250 g/mol. The van der Waals surface area contributed by atoms with Crippen LogP contribution in [0.15, 0.2) is 48.8 Å². The lowest BCUT2D eigenvalue weighted by Crippen LogP contribution is -1.97. The number of benzene rings is 1. The molecule has 3 nitrogen and oxygen atoms in total. The van der Waals surface area contributed by atoms with Crippen LogP contribution in [0.2, 0.25) is 0 Å². The summed E-state index contributed by atoms with van der Waals surface area (Å²) in [5, 5.41) is 0.984. The van der Waals surface area contributed by atoms with Crippen molar-refractivity contribution >= 4 is 16.7 Å². The maximum atomic E-state index is 11.8. The predicted molar refractivity (Wildman–Crippen MR) is 75.8 cm³/mol. The Morgan fingerprint density at radius 1 is 1.16 bits per heavy atom. The minimum atomic E-state index is 0.0801. The van der Waals surface area contributed by atoms with Gasteiger partial charge in [-0.05, 0) is 32.0 Å². The molecule has 0 saturated heterocycles. The second kappa shape index (κ2) is 4.35. The molecule has 0 bridgehead atoms. The molecule has 0 radical (unpaired) electrons. The molecule has 0 aliphatic carbocycles. The van der Waals surface area contributed by atoms with Crippen molar-refractivity contribution in [1.29, 1.82) is 0 Å². The minimum absolute atomic E-state index is 0.0801. The molecule has 19 heavy (non-hydrogen) atoms. The number of hydrogen-bond donors (Lipinski definition) is 0. The van der Waals surface area contributed by atoms with Gasteiger partial charge >= 0.3 is 0 Å². The highest BCUT2D eigenvalue weighted by Gasteiger charge is 2.13. The Labute approximate surface area is 111 Å². The first-order valence-corrected chi connectivity index (χ1v) is 6.21. The van der Waals surface area contributed by atoms with Gasteiger partial charge in [0, 0.05) is 23.3 Å². The zero-order valence-electron chi connectivity index (χ0n) is 10.9. The molecule has 94 valence electrons. The van der Waals surface area contributed by atoms with E-state index >= 15 is 0 Å². The number of ketones is 1. The van der Waals surface area contributed by atoms with Crippen molar-refractivity contribution in [2.75, 3.05) is 0 Å². The maximum absolute atomic E-state index is 11.8. The van der Waals surface area contributed by atoms with Crippen molar-refractivity contribution < 1.29 is 4.79 Å². The fraction of sp³-hybridized carbons (Fsp3) is 0.125. The Morgan fingerprint density at radius 2 is 1.95 bits per heavy atom. The molecule has 0 unspecified atom stereocenters. The third-order valence-corrected chi connectivity index (χ3v) is 3.33. The lowest BCUT2D eigenvalue weighted by molar-refractivity contribution is 0.101. The van der Waals surface area contributed by atoms with Gasteiger partial charge in [-0.2, -0.15) is 0 Å². The van der Waals surface area contributed by atoms with Crippen molar-refractivity contribution in [2.24, 2.45) is 0 Å². The van der Waals surface area contributed by atoms with Crippen LogP contribution in [0.3, 0.4) is 0 Å². The van der Waals surface area contributed by atoms with Crippen molar-refractivity contribution in [3.8, 4) is 5.69 Å². The highest BCUT2D eigenvalue weighted by atomic mass is 16.1. The number of pyridine rings is 1. The smallest absolute Gasteiger partial charge is 0.161 e. The molecule has 0 spiro atoms. The SMILES string of the molecule is CC(=O)c1cn(-c2cccnc2C)c2ccccc12. The molecule has 1 aromatic carbocycles. The highest BCUT2D eigenvalue weighted by molar-refractivity contribution is 6.07. The Morgan fingerprint density at radius 3 is 2.68 bits per heavy atom. The van der Waals surface area contributed by atoms with E-state index in [1.165, 1.54) is 0 Å². The zero-order valence-corrected chi connectivity index (χ0v) is 10.9. The number of hydrogen-bond acceptors (Lipinski definition) is 2. The summed E-state index contributed by atoms with van der Waals surface area (Å²) in [6, 6.07) is 11.9. The van der Waals surface area contributed by atoms with Crippen LogP contribution in [0.4, 0.5) is 0 Å². The molecule has 0 amide bonds. The van der Waals surface area contributed by atoms with Crippen LogP contribution in [-0.2, 0) is 0 Å². The van der Waals surface area contributed by atoms with Gasteiger partial charge in [0.05, 0.1) is 16.9 Å². The molecule has 2 aromatic heterocycles. The Bertz CT molecular complexity index is 771. The summed E-state index contributed by atoms with van der Waals surface area (Å²) in [5.74, 6) is 0.0801. The van der Waals surface area contributed by atoms with Crippen molar-refractivity contribution in [1.82, 2.24) is 9.55 Å². The molecule has 2 heterocycles. The number of carbonyl (C=O) groups is 1. The van der Waals surface area contributed by atoms with Gasteiger partial charge < -0.3 is 4.57 Å². The normalized spacial score (nSPS) is 10.8. The fourth-order valence-corrected chi connectivity index (χ4v) is 2.39. The van der Waals surface area contributed by atoms with E-state index in [4.69, 9.17) is 0 Å². The van der Waals surface area contributed by atoms with E-state index in [1.807, 2.05) is 54.1 Å². The highest BCUT2D eigenvalue weighted by Crippen LogP contribution is 2.26. The van der Waals surface area contributed by atoms with E-state index in [-0.39, 0.29) is 5.78 Å². The summed E-state index contributed by atoms with van der Waals surface area (Å²) < 4.78 is 2.04. The number of para-hydroxylation sites is 1. The van der Waals surface area contributed by atoms with Crippen LogP contribution >= 0.6 is 0 Å². The number of aromatic nitrogens is 2. The monoisotopic (exact) mass is 250 g/mol. The van der Waals surface area contributed by atoms with Gasteiger partial charge in [0.15, 0.2) is 5.78 Å². The summed E-state index contributed by atoms with van der Waals surface area (Å²) in [6.45, 7) is 3.57. The standard InChI is InChI=1S/C16H14N2O/c1-11-15(8-5-9-17-11)18-10-14(12(2)19)13-6-3-4-7-16(13)18/h3-10H,1-2H3. The summed E-state index contributed by atoms with van der Waals surface area (Å²) >= 11 is 0. The molecule has 0 atom stereocenters. The topological polar surface area (TPSA) is 34.9 Å². The third-order valence-electron chi connectivity index (χ3n) is 3.33. The minimum Gasteiger partial charge on any atom is -0.314 e. The lowest BCUT2D eigenvalue weighted by Gasteiger charge is -2.07. The second-order valence-corrected chi connectivity index (χ2v) is 4.59. The van der Waals surface area contributed by atoms with E-state index in [2.05, 4.69) is 4.98 Å². The number of aryl methyl sites for hydroxylation is 1. The summed E-state index contributed by atoms with van der Waals surface area (Å²) in [7, 11) is 0. The first-order chi connectivity index (χ1) is 9.18. The molecule has 0 aliphatic heterocycles. The van der Waals surface area contributed by atoms with Gasteiger partial charge in [-0.1, -0.05) is 18.2 Å². The van der Waals surface area contributed by atoms with E-state index in [0.29, 0.717) is 0 Å². The molecule has 0 fully saturated rings. The van der Waals surface area contributed by atoms with Crippen LogP contribution in [-0.4, -0.2) is 15.3 Å². The molecule has 0 aliphatic rings. The third kappa shape index (κ3) is 1.83. The quantitative estimate of drug-likeness (QED) is 0.652. The van der Waals surface area contributed by atoms with Crippen LogP contribution in [0.1, 0.15) is 23.0 Å². The number of Topliss-reactive ketones (excluding diaryl/α,β-unsaturated/α-hetero) is 1. The van der Waals surface area contributed by atoms with Crippen LogP contribution in [0.25, 0.3) is 16.6 Å². The molecule has 3 heteroatoms. The van der Waals surface area contributed by atoms with Crippen LogP contribution < -0.4 is 0 Å². The van der Waals surface area contributed by atoms with Crippen LogP contribution in [0.5, 0.6) is 0 Å². The largest absolute Gasteiger partial charge is 0.314 e. The predicted octanol–water partition coefficient (Wildman–Crippen LogP) is 3.54. The summed E-state index contributed by atoms with van der Waals surface area (Å²) in [4.78, 5) is 16.1.